The van der Waals surface area contributed by atoms with Gasteiger partial charge in [-0.25, -0.2) is 0 Å². The lowest BCUT2D eigenvalue weighted by molar-refractivity contribution is -0.122. The Morgan fingerprint density at radius 1 is 1.16 bits per heavy atom. The van der Waals surface area contributed by atoms with E-state index in [2.05, 4.69) is 31.4 Å². The molecule has 2 N–H and O–H groups in total. The van der Waals surface area contributed by atoms with Crippen LogP contribution in [0.2, 0.25) is 0 Å². The van der Waals surface area contributed by atoms with Crippen molar-refractivity contribution in [2.24, 2.45) is 5.92 Å². The predicted octanol–water partition coefficient (Wildman–Crippen LogP) is 1.93. The van der Waals surface area contributed by atoms with Crippen molar-refractivity contribution in [3.05, 3.63) is 0 Å². The fourth-order valence-corrected chi connectivity index (χ4v) is 2.16. The number of nitrogens with one attached hydrogen (secondary N) is 2. The number of hydrogen-bond donors (Lipinski definition) is 2. The minimum absolute atomic E-state index is 0.0484. The molecule has 0 aromatic carbocycles. The van der Waals surface area contributed by atoms with E-state index in [1.165, 1.54) is 0 Å². The molecule has 0 unspecified atom stereocenters. The molecule has 0 aromatic rings. The van der Waals surface area contributed by atoms with Gasteiger partial charge in [0.2, 0.25) is 0 Å². The number of Topliss-reactive ketones (excluding diaryl/α,β-unsaturated/α-hetero) is 2. The van der Waals surface area contributed by atoms with Gasteiger partial charge in [0.1, 0.15) is 5.78 Å². The number of carbonyl (C=O) groups excluding carboxylic acids is 2. The molecule has 2 atom stereocenters. The van der Waals surface area contributed by atoms with Crippen molar-refractivity contribution in [3.63, 3.8) is 0 Å². The molecule has 0 saturated carbocycles. The number of ketones is 2. The number of rotatable bonds is 11. The minimum Gasteiger partial charge on any atom is -0.311 e. The summed E-state index contributed by atoms with van der Waals surface area (Å²) in [6, 6.07) is -0.167. The fourth-order valence-electron chi connectivity index (χ4n) is 2.16. The van der Waals surface area contributed by atoms with E-state index in [0.29, 0.717) is 18.9 Å². The van der Waals surface area contributed by atoms with Crippen molar-refractivity contribution in [1.29, 1.82) is 0 Å². The molecule has 0 heterocycles. The minimum atomic E-state index is -0.119. The van der Waals surface area contributed by atoms with Gasteiger partial charge in [0, 0.05) is 13.0 Å². The Bertz CT molecular complexity index is 277. The third kappa shape index (κ3) is 8.11. The average Bonchev–Trinajstić information content (AvgIpc) is 2.33. The summed E-state index contributed by atoms with van der Waals surface area (Å²) in [5.74, 6) is 0.853. The van der Waals surface area contributed by atoms with Crippen LogP contribution in [0, 0.1) is 5.92 Å². The summed E-state index contributed by atoms with van der Waals surface area (Å²) in [7, 11) is 1.82. The van der Waals surface area contributed by atoms with E-state index in [1.54, 1.807) is 6.92 Å². The summed E-state index contributed by atoms with van der Waals surface area (Å²) >= 11 is 0. The Labute approximate surface area is 117 Å². The Balaban J connectivity index is 4.10. The van der Waals surface area contributed by atoms with E-state index in [4.69, 9.17) is 0 Å². The van der Waals surface area contributed by atoms with E-state index >= 15 is 0 Å². The second-order valence-electron chi connectivity index (χ2n) is 5.59. The zero-order valence-corrected chi connectivity index (χ0v) is 13.1. The molecule has 19 heavy (non-hydrogen) atoms. The van der Waals surface area contributed by atoms with Gasteiger partial charge < -0.3 is 10.6 Å². The van der Waals surface area contributed by atoms with Crippen LogP contribution < -0.4 is 10.6 Å². The van der Waals surface area contributed by atoms with Crippen LogP contribution in [-0.2, 0) is 9.59 Å². The molecule has 0 amide bonds. The molecule has 0 saturated heterocycles. The van der Waals surface area contributed by atoms with E-state index < -0.39 is 0 Å². The van der Waals surface area contributed by atoms with E-state index in [9.17, 15) is 9.59 Å². The van der Waals surface area contributed by atoms with Gasteiger partial charge in [0.25, 0.3) is 0 Å². The molecule has 4 heteroatoms. The van der Waals surface area contributed by atoms with Gasteiger partial charge in [0.15, 0.2) is 5.78 Å². The van der Waals surface area contributed by atoms with Crippen molar-refractivity contribution in [2.45, 2.75) is 65.5 Å². The molecule has 112 valence electrons. The quantitative estimate of drug-likeness (QED) is 0.602. The lowest BCUT2D eigenvalue weighted by atomic mass is 10.0. The van der Waals surface area contributed by atoms with Gasteiger partial charge >= 0.3 is 0 Å². The van der Waals surface area contributed by atoms with Gasteiger partial charge in [-0.3, -0.25) is 9.59 Å². The molecule has 0 aromatic heterocycles. The molecule has 0 radical (unpaired) electrons. The van der Waals surface area contributed by atoms with Gasteiger partial charge in [0.05, 0.1) is 12.1 Å². The van der Waals surface area contributed by atoms with Crippen LogP contribution in [0.25, 0.3) is 0 Å². The van der Waals surface area contributed by atoms with Crippen molar-refractivity contribution < 1.29 is 9.59 Å². The van der Waals surface area contributed by atoms with Crippen LogP contribution in [0.15, 0.2) is 0 Å². The molecule has 4 nitrogen and oxygen atoms in total. The highest BCUT2D eigenvalue weighted by Gasteiger charge is 2.18. The molecular formula is C15H30N2O2. The first kappa shape index (κ1) is 18.3. The SMILES string of the molecule is CCC[C@H](NC)C(=O)CCN[C@@H](CC(C)C)C(C)=O. The second kappa shape index (κ2) is 10.1. The summed E-state index contributed by atoms with van der Waals surface area (Å²) in [6.45, 7) is 8.46. The topological polar surface area (TPSA) is 58.2 Å². The monoisotopic (exact) mass is 270 g/mol. The van der Waals surface area contributed by atoms with E-state index in [1.807, 2.05) is 7.05 Å². The summed E-state index contributed by atoms with van der Waals surface area (Å²) < 4.78 is 0. The predicted molar refractivity (Wildman–Crippen MR) is 79.3 cm³/mol. The van der Waals surface area contributed by atoms with Crippen molar-refractivity contribution >= 4 is 11.6 Å². The van der Waals surface area contributed by atoms with Gasteiger partial charge in [-0.05, 0) is 32.7 Å². The molecule has 0 spiro atoms. The number of carbonyl (C=O) groups is 2. The lowest BCUT2D eigenvalue weighted by Crippen LogP contribution is -2.40. The first-order valence-corrected chi connectivity index (χ1v) is 7.36. The number of hydrogen-bond acceptors (Lipinski definition) is 4. The molecule has 0 fully saturated rings. The molecule has 0 aliphatic heterocycles. The standard InChI is InChI=1S/C15H30N2O2/c1-6-7-13(16-5)15(19)8-9-17-14(12(4)18)10-11(2)3/h11,13-14,16-17H,6-10H2,1-5H3/t13-,14-/m0/s1. The lowest BCUT2D eigenvalue weighted by Gasteiger charge is -2.19. The maximum atomic E-state index is 12.0. The maximum Gasteiger partial charge on any atom is 0.150 e. The number of likely N-dealkylation sites (N-methyl/N-ethyl adjacent to an activating group) is 1. The summed E-state index contributed by atoms with van der Waals surface area (Å²) in [6.07, 6.45) is 3.17. The van der Waals surface area contributed by atoms with Crippen LogP contribution in [0.4, 0.5) is 0 Å². The second-order valence-corrected chi connectivity index (χ2v) is 5.59. The molecule has 0 aliphatic rings. The van der Waals surface area contributed by atoms with Crippen molar-refractivity contribution in [3.8, 4) is 0 Å². The van der Waals surface area contributed by atoms with Gasteiger partial charge in [-0.15, -0.1) is 0 Å². The fraction of sp³-hybridized carbons (Fsp3) is 0.867. The van der Waals surface area contributed by atoms with Crippen LogP contribution in [-0.4, -0.2) is 37.2 Å². The van der Waals surface area contributed by atoms with Crippen LogP contribution >= 0.6 is 0 Å². The van der Waals surface area contributed by atoms with E-state index in [0.717, 1.165) is 19.3 Å². The smallest absolute Gasteiger partial charge is 0.150 e. The summed E-state index contributed by atoms with van der Waals surface area (Å²) in [5.41, 5.74) is 0. The van der Waals surface area contributed by atoms with E-state index in [-0.39, 0.29) is 23.7 Å². The van der Waals surface area contributed by atoms with Crippen molar-refractivity contribution in [1.82, 2.24) is 10.6 Å². The Morgan fingerprint density at radius 2 is 1.79 bits per heavy atom. The summed E-state index contributed by atoms with van der Waals surface area (Å²) in [4.78, 5) is 23.4. The Kier molecular flexibility index (Phi) is 9.70. The maximum absolute atomic E-state index is 12.0. The zero-order valence-electron chi connectivity index (χ0n) is 13.1. The Hall–Kier alpha value is -0.740. The van der Waals surface area contributed by atoms with Gasteiger partial charge in [-0.1, -0.05) is 27.2 Å². The van der Waals surface area contributed by atoms with Crippen LogP contribution in [0.1, 0.15) is 53.4 Å². The first-order valence-electron chi connectivity index (χ1n) is 7.36. The zero-order chi connectivity index (χ0) is 14.8. The normalized spacial score (nSPS) is 14.4. The summed E-state index contributed by atoms with van der Waals surface area (Å²) in [5, 5.41) is 6.26. The highest BCUT2D eigenvalue weighted by molar-refractivity contribution is 5.84. The van der Waals surface area contributed by atoms with Crippen LogP contribution in [0.5, 0.6) is 0 Å². The highest BCUT2D eigenvalue weighted by Crippen LogP contribution is 2.06. The third-order valence-electron chi connectivity index (χ3n) is 3.27. The third-order valence-corrected chi connectivity index (χ3v) is 3.27. The first-order chi connectivity index (χ1) is 8.92. The molecule has 0 rings (SSSR count). The highest BCUT2D eigenvalue weighted by atomic mass is 16.1. The molecule has 0 bridgehead atoms. The van der Waals surface area contributed by atoms with Crippen molar-refractivity contribution in [2.75, 3.05) is 13.6 Å². The van der Waals surface area contributed by atoms with Gasteiger partial charge in [-0.2, -0.15) is 0 Å². The Morgan fingerprint density at radius 3 is 2.21 bits per heavy atom. The average molecular weight is 270 g/mol. The largest absolute Gasteiger partial charge is 0.311 e. The van der Waals surface area contributed by atoms with Crippen LogP contribution in [0.3, 0.4) is 0 Å². The molecule has 0 aliphatic carbocycles. The molecular weight excluding hydrogens is 240 g/mol.